The van der Waals surface area contributed by atoms with Crippen LogP contribution in [0.2, 0.25) is 0 Å². The molecule has 4 nitrogen and oxygen atoms in total. The van der Waals surface area contributed by atoms with Crippen LogP contribution in [0, 0.1) is 11.2 Å². The number of hydrogen-bond donors (Lipinski definition) is 0. The van der Waals surface area contributed by atoms with Gasteiger partial charge in [0.25, 0.3) is 0 Å². The molecular formula is C20H17F4N3O. The number of hydrogen-bond acceptors (Lipinski definition) is 3. The fraction of sp³-hybridized carbons (Fsp3) is 0.250. The van der Waals surface area contributed by atoms with E-state index in [1.807, 2.05) is 0 Å². The molecule has 3 aromatic rings. The van der Waals surface area contributed by atoms with Gasteiger partial charge in [0.2, 0.25) is 0 Å². The first kappa shape index (κ1) is 19.7. The van der Waals surface area contributed by atoms with Crippen molar-refractivity contribution in [1.82, 2.24) is 14.8 Å². The topological polar surface area (TPSA) is 47.8 Å². The van der Waals surface area contributed by atoms with Crippen molar-refractivity contribution in [2.24, 2.45) is 5.41 Å². The van der Waals surface area contributed by atoms with Gasteiger partial charge in [-0.2, -0.15) is 13.2 Å². The number of carbonyl (C=O) groups excluding carboxylic acids is 1. The molecule has 8 heteroatoms. The molecule has 28 heavy (non-hydrogen) atoms. The van der Waals surface area contributed by atoms with Gasteiger partial charge in [0.15, 0.2) is 5.78 Å². The SMILES string of the molecule is CC(C)(CC(=O)c1cc(-c2ccc(F)cc2)cc(-n2cnnc2)c1)C(F)(F)F. The van der Waals surface area contributed by atoms with Crippen LogP contribution in [-0.4, -0.2) is 26.7 Å². The largest absolute Gasteiger partial charge is 0.394 e. The van der Waals surface area contributed by atoms with Gasteiger partial charge in [-0.1, -0.05) is 26.0 Å². The van der Waals surface area contributed by atoms with Crippen LogP contribution in [0.15, 0.2) is 55.1 Å². The quantitative estimate of drug-likeness (QED) is 0.442. The highest BCUT2D eigenvalue weighted by Gasteiger charge is 2.48. The molecule has 0 spiro atoms. The Labute approximate surface area is 158 Å². The third kappa shape index (κ3) is 4.11. The highest BCUT2D eigenvalue weighted by Crippen LogP contribution is 2.41. The Kier molecular flexibility index (Phi) is 5.06. The number of rotatable bonds is 5. The van der Waals surface area contributed by atoms with E-state index < -0.39 is 29.6 Å². The van der Waals surface area contributed by atoms with Gasteiger partial charge >= 0.3 is 6.18 Å². The standard InChI is InChI=1S/C20H17F4N3O/c1-19(2,20(22,23)24)10-18(28)15-7-14(13-3-5-16(21)6-4-13)8-17(9-15)27-11-25-26-12-27/h3-9,11-12H,10H2,1-2H3. The van der Waals surface area contributed by atoms with Crippen LogP contribution in [0.25, 0.3) is 16.8 Å². The van der Waals surface area contributed by atoms with Crippen molar-refractivity contribution in [1.29, 1.82) is 0 Å². The maximum Gasteiger partial charge on any atom is 0.394 e. The minimum atomic E-state index is -4.51. The Morgan fingerprint density at radius 2 is 1.57 bits per heavy atom. The van der Waals surface area contributed by atoms with Crippen LogP contribution in [0.3, 0.4) is 0 Å². The fourth-order valence-corrected chi connectivity index (χ4v) is 2.67. The van der Waals surface area contributed by atoms with Gasteiger partial charge in [0.1, 0.15) is 18.5 Å². The van der Waals surface area contributed by atoms with Gasteiger partial charge in [0, 0.05) is 17.7 Å². The number of carbonyl (C=O) groups is 1. The second kappa shape index (κ2) is 7.18. The van der Waals surface area contributed by atoms with Crippen molar-refractivity contribution in [3.8, 4) is 16.8 Å². The molecule has 0 saturated carbocycles. The fourth-order valence-electron chi connectivity index (χ4n) is 2.67. The summed E-state index contributed by atoms with van der Waals surface area (Å²) < 4.78 is 54.3. The average molecular weight is 391 g/mol. The lowest BCUT2D eigenvalue weighted by Crippen LogP contribution is -2.34. The van der Waals surface area contributed by atoms with Crippen molar-refractivity contribution in [3.05, 3.63) is 66.5 Å². The summed E-state index contributed by atoms with van der Waals surface area (Å²) in [6.45, 7) is 1.99. The summed E-state index contributed by atoms with van der Waals surface area (Å²) in [5.41, 5.74) is -0.324. The number of nitrogens with zero attached hydrogens (tertiary/aromatic N) is 3. The smallest absolute Gasteiger partial charge is 0.294 e. The molecule has 3 rings (SSSR count). The van der Waals surface area contributed by atoms with Crippen molar-refractivity contribution in [2.45, 2.75) is 26.4 Å². The Bertz CT molecular complexity index is 978. The predicted molar refractivity (Wildman–Crippen MR) is 95.5 cm³/mol. The number of Topliss-reactive ketones (excluding diaryl/α,β-unsaturated/α-hetero) is 1. The summed E-state index contributed by atoms with van der Waals surface area (Å²) in [4.78, 5) is 12.7. The zero-order valence-electron chi connectivity index (χ0n) is 15.2. The molecule has 0 atom stereocenters. The van der Waals surface area contributed by atoms with E-state index in [4.69, 9.17) is 0 Å². The zero-order valence-corrected chi connectivity index (χ0v) is 15.2. The second-order valence-corrected chi connectivity index (χ2v) is 7.13. The number of alkyl halides is 3. The predicted octanol–water partition coefficient (Wildman–Crippen LogP) is 5.23. The van der Waals surface area contributed by atoms with E-state index in [2.05, 4.69) is 10.2 Å². The van der Waals surface area contributed by atoms with Crippen molar-refractivity contribution < 1.29 is 22.4 Å². The molecular weight excluding hydrogens is 374 g/mol. The molecule has 0 amide bonds. The summed E-state index contributed by atoms with van der Waals surface area (Å²) >= 11 is 0. The summed E-state index contributed by atoms with van der Waals surface area (Å²) in [6, 6.07) is 10.3. The number of halogens is 4. The Hall–Kier alpha value is -3.03. The maximum atomic E-state index is 13.2. The van der Waals surface area contributed by atoms with E-state index in [-0.39, 0.29) is 5.56 Å². The molecule has 0 aliphatic heterocycles. The molecule has 146 valence electrons. The Morgan fingerprint density at radius 3 is 2.14 bits per heavy atom. The first-order valence-corrected chi connectivity index (χ1v) is 8.43. The lowest BCUT2D eigenvalue weighted by atomic mass is 9.84. The zero-order chi connectivity index (χ0) is 20.5. The van der Waals surface area contributed by atoms with Crippen molar-refractivity contribution in [3.63, 3.8) is 0 Å². The summed E-state index contributed by atoms with van der Waals surface area (Å²) in [5, 5.41) is 7.42. The molecule has 0 aliphatic carbocycles. The molecule has 0 unspecified atom stereocenters. The van der Waals surface area contributed by atoms with Crippen LogP contribution in [-0.2, 0) is 0 Å². The maximum absolute atomic E-state index is 13.2. The average Bonchev–Trinajstić information content (AvgIpc) is 3.15. The number of benzene rings is 2. The van der Waals surface area contributed by atoms with Crippen LogP contribution >= 0.6 is 0 Å². The molecule has 0 radical (unpaired) electrons. The third-order valence-corrected chi connectivity index (χ3v) is 4.50. The first-order chi connectivity index (χ1) is 13.1. The third-order valence-electron chi connectivity index (χ3n) is 4.50. The van der Waals surface area contributed by atoms with Gasteiger partial charge in [0.05, 0.1) is 5.41 Å². The lowest BCUT2D eigenvalue weighted by molar-refractivity contribution is -0.209. The molecule has 2 aromatic carbocycles. The van der Waals surface area contributed by atoms with Crippen LogP contribution in [0.1, 0.15) is 30.6 Å². The normalized spacial score (nSPS) is 12.2. The van der Waals surface area contributed by atoms with Gasteiger partial charge < -0.3 is 0 Å². The van der Waals surface area contributed by atoms with E-state index in [0.29, 0.717) is 16.8 Å². The van der Waals surface area contributed by atoms with E-state index >= 15 is 0 Å². The Morgan fingerprint density at radius 1 is 0.964 bits per heavy atom. The van der Waals surface area contributed by atoms with Gasteiger partial charge in [-0.15, -0.1) is 10.2 Å². The summed E-state index contributed by atoms with van der Waals surface area (Å²) in [7, 11) is 0. The molecule has 1 heterocycles. The van der Waals surface area contributed by atoms with E-state index in [9.17, 15) is 22.4 Å². The van der Waals surface area contributed by atoms with Crippen molar-refractivity contribution >= 4 is 5.78 Å². The monoisotopic (exact) mass is 391 g/mol. The van der Waals surface area contributed by atoms with Crippen molar-refractivity contribution in [2.75, 3.05) is 0 Å². The number of ketones is 1. The van der Waals surface area contributed by atoms with Gasteiger partial charge in [-0.05, 0) is 41.5 Å². The summed E-state index contributed by atoms with van der Waals surface area (Å²) in [5.74, 6) is -1.05. The van der Waals surface area contributed by atoms with E-state index in [1.54, 1.807) is 10.6 Å². The van der Waals surface area contributed by atoms with E-state index in [1.165, 1.54) is 49.1 Å². The molecule has 0 fully saturated rings. The van der Waals surface area contributed by atoms with E-state index in [0.717, 1.165) is 13.8 Å². The van der Waals surface area contributed by atoms with Crippen LogP contribution < -0.4 is 0 Å². The Balaban J connectivity index is 2.05. The molecule has 0 bridgehead atoms. The molecule has 0 saturated heterocycles. The number of aromatic nitrogens is 3. The lowest BCUT2D eigenvalue weighted by Gasteiger charge is -2.27. The first-order valence-electron chi connectivity index (χ1n) is 8.43. The highest BCUT2D eigenvalue weighted by molar-refractivity contribution is 5.98. The van der Waals surface area contributed by atoms with Gasteiger partial charge in [-0.3, -0.25) is 9.36 Å². The highest BCUT2D eigenvalue weighted by atomic mass is 19.4. The second-order valence-electron chi connectivity index (χ2n) is 7.13. The van der Waals surface area contributed by atoms with Crippen LogP contribution in [0.5, 0.6) is 0 Å². The minimum absolute atomic E-state index is 0.128. The molecule has 0 N–H and O–H groups in total. The molecule has 0 aliphatic rings. The minimum Gasteiger partial charge on any atom is -0.294 e. The molecule has 1 aromatic heterocycles. The van der Waals surface area contributed by atoms with Crippen LogP contribution in [0.4, 0.5) is 17.6 Å². The van der Waals surface area contributed by atoms with Gasteiger partial charge in [-0.25, -0.2) is 4.39 Å². The summed E-state index contributed by atoms with van der Waals surface area (Å²) in [6.07, 6.45) is -2.37.